The Balaban J connectivity index is 2.49. The van der Waals surface area contributed by atoms with Crippen molar-refractivity contribution in [1.82, 2.24) is 5.73 Å². The minimum atomic E-state index is 0.0185. The van der Waals surface area contributed by atoms with Crippen LogP contribution in [0.25, 0.3) is 0 Å². The Morgan fingerprint density at radius 3 is 2.57 bits per heavy atom. The van der Waals surface area contributed by atoms with Gasteiger partial charge >= 0.3 is 0 Å². The topological polar surface area (TPSA) is 23.8 Å². The summed E-state index contributed by atoms with van der Waals surface area (Å²) in [6, 6.07) is 0.0185. The lowest BCUT2D eigenvalue weighted by molar-refractivity contribution is 0.798. The van der Waals surface area contributed by atoms with Gasteiger partial charge in [0.1, 0.15) is 0 Å². The van der Waals surface area contributed by atoms with Gasteiger partial charge in [-0.05, 0) is 6.42 Å². The first kappa shape index (κ1) is 4.60. The summed E-state index contributed by atoms with van der Waals surface area (Å²) in [6.45, 7) is 0. The predicted octanol–water partition coefficient (Wildman–Crippen LogP) is 1.15. The molecule has 0 fully saturated rings. The summed E-state index contributed by atoms with van der Waals surface area (Å²) in [7, 11) is 0. The van der Waals surface area contributed by atoms with Crippen LogP contribution in [0.2, 0.25) is 0 Å². The van der Waals surface area contributed by atoms with Crippen LogP contribution in [0.5, 0.6) is 0 Å². The number of rotatable bonds is 0. The van der Waals surface area contributed by atoms with Crippen LogP contribution in [0.15, 0.2) is 24.3 Å². The third kappa shape index (κ3) is 1.16. The van der Waals surface area contributed by atoms with Gasteiger partial charge in [0.2, 0.25) is 0 Å². The summed E-state index contributed by atoms with van der Waals surface area (Å²) in [5.74, 6) is 0. The van der Waals surface area contributed by atoms with E-state index < -0.39 is 0 Å². The molecule has 7 heavy (non-hydrogen) atoms. The SMILES string of the molecule is [NH]C1C=CC=CC1. The van der Waals surface area contributed by atoms with E-state index >= 15 is 0 Å². The Morgan fingerprint density at radius 2 is 2.29 bits per heavy atom. The molecule has 1 rings (SSSR count). The number of nitrogens with one attached hydrogen (secondary N) is 1. The molecule has 0 aliphatic heterocycles. The normalized spacial score (nSPS) is 28.4. The second-order valence-electron chi connectivity index (χ2n) is 1.66. The van der Waals surface area contributed by atoms with Crippen LogP contribution < -0.4 is 5.73 Å². The smallest absolute Gasteiger partial charge is 0.0430 e. The zero-order valence-electron chi connectivity index (χ0n) is 4.09. The van der Waals surface area contributed by atoms with Gasteiger partial charge in [-0.25, -0.2) is 0 Å². The lowest BCUT2D eigenvalue weighted by atomic mass is 10.1. The molecule has 1 atom stereocenters. The average molecular weight is 94.1 g/mol. The van der Waals surface area contributed by atoms with Crippen LogP contribution in [0.4, 0.5) is 0 Å². The molecule has 37 valence electrons. The second-order valence-corrected chi connectivity index (χ2v) is 1.66. The minimum absolute atomic E-state index is 0.0185. The van der Waals surface area contributed by atoms with Crippen molar-refractivity contribution in [1.29, 1.82) is 0 Å². The molecule has 0 bridgehead atoms. The predicted molar refractivity (Wildman–Crippen MR) is 29.8 cm³/mol. The molecule has 1 heteroatoms. The summed E-state index contributed by atoms with van der Waals surface area (Å²) in [5, 5.41) is 0. The first-order chi connectivity index (χ1) is 3.39. The van der Waals surface area contributed by atoms with Gasteiger partial charge in [0.25, 0.3) is 0 Å². The van der Waals surface area contributed by atoms with E-state index in [9.17, 15) is 0 Å². The molecule has 1 unspecified atom stereocenters. The monoisotopic (exact) mass is 94.1 g/mol. The van der Waals surface area contributed by atoms with Crippen molar-refractivity contribution >= 4 is 0 Å². The van der Waals surface area contributed by atoms with Crippen LogP contribution in [-0.2, 0) is 0 Å². The van der Waals surface area contributed by atoms with E-state index in [-0.39, 0.29) is 6.04 Å². The molecule has 1 radical (unpaired) electrons. The highest BCUT2D eigenvalue weighted by molar-refractivity contribution is 5.12. The Kier molecular flexibility index (Phi) is 1.27. The summed E-state index contributed by atoms with van der Waals surface area (Å²) in [6.07, 6.45) is 8.68. The highest BCUT2D eigenvalue weighted by Crippen LogP contribution is 1.99. The molecule has 0 heterocycles. The van der Waals surface area contributed by atoms with Crippen LogP contribution in [0, 0.1) is 0 Å². The maximum atomic E-state index is 7.13. The minimum Gasteiger partial charge on any atom is -0.250 e. The molecule has 0 amide bonds. The molecule has 0 saturated carbocycles. The molecule has 0 aromatic rings. The van der Waals surface area contributed by atoms with Gasteiger partial charge in [-0.1, -0.05) is 24.3 Å². The van der Waals surface area contributed by atoms with E-state index in [4.69, 9.17) is 5.73 Å². The summed E-state index contributed by atoms with van der Waals surface area (Å²) in [4.78, 5) is 0. The van der Waals surface area contributed by atoms with Gasteiger partial charge in [0, 0.05) is 6.04 Å². The Bertz CT molecular complexity index is 103. The zero-order chi connectivity index (χ0) is 5.11. The quantitative estimate of drug-likeness (QED) is 0.430. The Morgan fingerprint density at radius 1 is 1.43 bits per heavy atom. The van der Waals surface area contributed by atoms with Gasteiger partial charge in [-0.15, -0.1) is 0 Å². The van der Waals surface area contributed by atoms with Crippen molar-refractivity contribution in [2.45, 2.75) is 12.5 Å². The van der Waals surface area contributed by atoms with E-state index in [0.717, 1.165) is 6.42 Å². The fourth-order valence-corrected chi connectivity index (χ4v) is 0.581. The van der Waals surface area contributed by atoms with E-state index in [0.29, 0.717) is 0 Å². The Hall–Kier alpha value is -0.560. The maximum absolute atomic E-state index is 7.13. The molecule has 1 nitrogen and oxygen atoms in total. The number of hydrogen-bond donors (Lipinski definition) is 0. The summed E-state index contributed by atoms with van der Waals surface area (Å²) >= 11 is 0. The summed E-state index contributed by atoms with van der Waals surface area (Å²) in [5.41, 5.74) is 7.13. The van der Waals surface area contributed by atoms with Gasteiger partial charge in [-0.2, -0.15) is 0 Å². The molecular weight excluding hydrogens is 86.1 g/mol. The molecule has 0 aromatic carbocycles. The summed E-state index contributed by atoms with van der Waals surface area (Å²) < 4.78 is 0. The second kappa shape index (κ2) is 1.94. The van der Waals surface area contributed by atoms with Crippen molar-refractivity contribution < 1.29 is 0 Å². The van der Waals surface area contributed by atoms with Crippen molar-refractivity contribution in [3.8, 4) is 0 Å². The van der Waals surface area contributed by atoms with Crippen LogP contribution in [0.3, 0.4) is 0 Å². The van der Waals surface area contributed by atoms with Crippen LogP contribution >= 0.6 is 0 Å². The first-order valence-corrected chi connectivity index (χ1v) is 2.44. The van der Waals surface area contributed by atoms with Crippen molar-refractivity contribution in [3.63, 3.8) is 0 Å². The number of hydrogen-bond acceptors (Lipinski definition) is 0. The molecular formula is C6H8N. The highest BCUT2D eigenvalue weighted by atomic mass is 14.6. The van der Waals surface area contributed by atoms with Gasteiger partial charge in [0.15, 0.2) is 0 Å². The Labute approximate surface area is 43.5 Å². The van der Waals surface area contributed by atoms with Crippen molar-refractivity contribution in [2.75, 3.05) is 0 Å². The first-order valence-electron chi connectivity index (χ1n) is 2.44. The molecule has 0 aromatic heterocycles. The molecule has 0 spiro atoms. The standard InChI is InChI=1S/C6H8N/c7-6-4-2-1-3-5-6/h1-4,6-7H,5H2. The van der Waals surface area contributed by atoms with E-state index in [2.05, 4.69) is 0 Å². The van der Waals surface area contributed by atoms with E-state index in [1.807, 2.05) is 24.3 Å². The van der Waals surface area contributed by atoms with Gasteiger partial charge in [-0.3, -0.25) is 5.73 Å². The van der Waals surface area contributed by atoms with Gasteiger partial charge in [0.05, 0.1) is 0 Å². The molecule has 1 N–H and O–H groups in total. The molecule has 1 aliphatic rings. The fraction of sp³-hybridized carbons (Fsp3) is 0.333. The highest BCUT2D eigenvalue weighted by Gasteiger charge is 1.94. The lowest BCUT2D eigenvalue weighted by Gasteiger charge is -2.01. The van der Waals surface area contributed by atoms with Crippen LogP contribution in [-0.4, -0.2) is 6.04 Å². The third-order valence-electron chi connectivity index (χ3n) is 0.981. The zero-order valence-corrected chi connectivity index (χ0v) is 4.09. The van der Waals surface area contributed by atoms with E-state index in [1.54, 1.807) is 0 Å². The largest absolute Gasteiger partial charge is 0.250 e. The molecule has 1 aliphatic carbocycles. The average Bonchev–Trinajstić information content (AvgIpc) is 1.69. The van der Waals surface area contributed by atoms with E-state index in [1.165, 1.54) is 0 Å². The fourth-order valence-electron chi connectivity index (χ4n) is 0.581. The van der Waals surface area contributed by atoms with Crippen molar-refractivity contribution in [2.24, 2.45) is 0 Å². The molecule has 0 saturated heterocycles. The number of allylic oxidation sites excluding steroid dienone is 2. The third-order valence-corrected chi connectivity index (χ3v) is 0.981. The van der Waals surface area contributed by atoms with Crippen molar-refractivity contribution in [3.05, 3.63) is 24.3 Å². The van der Waals surface area contributed by atoms with Crippen LogP contribution in [0.1, 0.15) is 6.42 Å². The lowest BCUT2D eigenvalue weighted by Crippen LogP contribution is -2.03. The maximum Gasteiger partial charge on any atom is 0.0430 e. The van der Waals surface area contributed by atoms with Gasteiger partial charge < -0.3 is 0 Å².